The Labute approximate surface area is 136 Å². The second kappa shape index (κ2) is 7.20. The van der Waals surface area contributed by atoms with Gasteiger partial charge in [-0.15, -0.1) is 0 Å². The van der Waals surface area contributed by atoms with Crippen molar-refractivity contribution in [1.82, 2.24) is 9.80 Å². The summed E-state index contributed by atoms with van der Waals surface area (Å²) in [7, 11) is 0. The highest BCUT2D eigenvalue weighted by Crippen LogP contribution is 2.33. The summed E-state index contributed by atoms with van der Waals surface area (Å²) in [6.45, 7) is 14.6. The molecular weight excluding hydrogens is 276 g/mol. The number of piperidine rings is 2. The van der Waals surface area contributed by atoms with E-state index in [-0.39, 0.29) is 6.09 Å². The molecule has 0 spiro atoms. The van der Waals surface area contributed by atoms with Crippen molar-refractivity contribution >= 4 is 6.09 Å². The van der Waals surface area contributed by atoms with Crippen LogP contribution in [0.2, 0.25) is 0 Å². The molecule has 0 bridgehead atoms. The van der Waals surface area contributed by atoms with E-state index >= 15 is 0 Å². The smallest absolute Gasteiger partial charge is 0.410 e. The number of amides is 1. The fourth-order valence-corrected chi connectivity index (χ4v) is 3.79. The highest BCUT2D eigenvalue weighted by Gasteiger charge is 2.32. The van der Waals surface area contributed by atoms with Crippen molar-refractivity contribution in [2.24, 2.45) is 11.8 Å². The molecule has 22 heavy (non-hydrogen) atoms. The molecular formula is C18H34N2O2. The summed E-state index contributed by atoms with van der Waals surface area (Å²) in [5.41, 5.74) is -0.391. The van der Waals surface area contributed by atoms with Crippen LogP contribution >= 0.6 is 0 Å². The van der Waals surface area contributed by atoms with Crippen molar-refractivity contribution in [1.29, 1.82) is 0 Å². The molecule has 2 saturated heterocycles. The topological polar surface area (TPSA) is 32.8 Å². The first-order chi connectivity index (χ1) is 10.3. The van der Waals surface area contributed by atoms with Crippen LogP contribution < -0.4 is 0 Å². The van der Waals surface area contributed by atoms with Crippen LogP contribution in [0.15, 0.2) is 0 Å². The number of likely N-dealkylation sites (tertiary alicyclic amines) is 2. The molecule has 0 aliphatic carbocycles. The van der Waals surface area contributed by atoms with Gasteiger partial charge in [-0.25, -0.2) is 4.79 Å². The lowest BCUT2D eigenvalue weighted by atomic mass is 9.78. The number of carbonyl (C=O) groups is 1. The molecule has 0 saturated carbocycles. The molecule has 4 heteroatoms. The van der Waals surface area contributed by atoms with Crippen LogP contribution in [-0.2, 0) is 4.74 Å². The van der Waals surface area contributed by atoms with Gasteiger partial charge in [0.1, 0.15) is 5.60 Å². The minimum Gasteiger partial charge on any atom is -0.444 e. The first-order valence-corrected chi connectivity index (χ1v) is 8.98. The maximum absolute atomic E-state index is 12.1. The zero-order valence-electron chi connectivity index (χ0n) is 15.1. The Morgan fingerprint density at radius 1 is 0.955 bits per heavy atom. The van der Waals surface area contributed by atoms with E-state index in [2.05, 4.69) is 18.7 Å². The van der Waals surface area contributed by atoms with E-state index in [0.29, 0.717) is 6.04 Å². The van der Waals surface area contributed by atoms with E-state index in [0.717, 1.165) is 37.8 Å². The van der Waals surface area contributed by atoms with Gasteiger partial charge >= 0.3 is 6.09 Å². The Hall–Kier alpha value is -0.770. The summed E-state index contributed by atoms with van der Waals surface area (Å²) in [6.07, 6.45) is 4.81. The average molecular weight is 310 g/mol. The third kappa shape index (κ3) is 4.87. The van der Waals surface area contributed by atoms with Crippen LogP contribution in [0.1, 0.15) is 60.3 Å². The Balaban J connectivity index is 1.75. The van der Waals surface area contributed by atoms with Crippen LogP contribution in [0.5, 0.6) is 0 Å². The van der Waals surface area contributed by atoms with E-state index in [4.69, 9.17) is 4.74 Å². The van der Waals surface area contributed by atoms with Crippen molar-refractivity contribution in [3.63, 3.8) is 0 Å². The van der Waals surface area contributed by atoms with E-state index < -0.39 is 5.60 Å². The molecule has 128 valence electrons. The fraction of sp³-hybridized carbons (Fsp3) is 0.944. The third-order valence-corrected chi connectivity index (χ3v) is 5.16. The van der Waals surface area contributed by atoms with Gasteiger partial charge in [0.05, 0.1) is 0 Å². The Morgan fingerprint density at radius 3 is 1.82 bits per heavy atom. The molecule has 1 amide bonds. The number of hydrogen-bond acceptors (Lipinski definition) is 3. The Kier molecular flexibility index (Phi) is 5.76. The molecule has 0 unspecified atom stereocenters. The number of nitrogens with zero attached hydrogens (tertiary/aromatic N) is 2. The summed E-state index contributed by atoms with van der Waals surface area (Å²) in [5.74, 6) is 1.66. The van der Waals surface area contributed by atoms with Crippen molar-refractivity contribution in [3.05, 3.63) is 0 Å². The van der Waals surface area contributed by atoms with Crippen molar-refractivity contribution in [2.45, 2.75) is 71.9 Å². The van der Waals surface area contributed by atoms with Crippen LogP contribution in [0.4, 0.5) is 4.79 Å². The Bertz CT molecular complexity index is 360. The predicted octanol–water partition coefficient (Wildman–Crippen LogP) is 3.75. The molecule has 0 aromatic carbocycles. The first kappa shape index (κ1) is 17.6. The summed E-state index contributed by atoms with van der Waals surface area (Å²) in [4.78, 5) is 16.6. The third-order valence-electron chi connectivity index (χ3n) is 5.16. The lowest BCUT2D eigenvalue weighted by Gasteiger charge is -2.41. The first-order valence-electron chi connectivity index (χ1n) is 8.98. The molecule has 0 aromatic heterocycles. The number of rotatable bonds is 2. The van der Waals surface area contributed by atoms with E-state index in [9.17, 15) is 4.79 Å². The molecule has 0 atom stereocenters. The standard InChI is InChI=1S/C18H34N2O2/c1-14(2)19-10-6-15(7-11-19)16-8-12-20(13-9-16)17(21)22-18(3,4)5/h14-16H,6-13H2,1-5H3. The van der Waals surface area contributed by atoms with E-state index in [1.165, 1.54) is 25.9 Å². The zero-order valence-corrected chi connectivity index (χ0v) is 15.1. The SMILES string of the molecule is CC(C)N1CCC(C2CCN(C(=O)OC(C)(C)C)CC2)CC1. The normalized spacial score (nSPS) is 23.1. The largest absolute Gasteiger partial charge is 0.444 e. The average Bonchev–Trinajstić information content (AvgIpc) is 2.46. The van der Waals surface area contributed by atoms with Crippen LogP contribution in [0.3, 0.4) is 0 Å². The lowest BCUT2D eigenvalue weighted by Crippen LogP contribution is -2.45. The highest BCUT2D eigenvalue weighted by molar-refractivity contribution is 5.68. The monoisotopic (exact) mass is 310 g/mol. The van der Waals surface area contributed by atoms with Gasteiger partial charge in [-0.2, -0.15) is 0 Å². The van der Waals surface area contributed by atoms with E-state index in [1.54, 1.807) is 0 Å². The fourth-order valence-electron chi connectivity index (χ4n) is 3.79. The molecule has 0 N–H and O–H groups in total. The van der Waals surface area contributed by atoms with Gasteiger partial charge in [-0.1, -0.05) is 0 Å². The Morgan fingerprint density at radius 2 is 1.41 bits per heavy atom. The van der Waals surface area contributed by atoms with Crippen molar-refractivity contribution in [3.8, 4) is 0 Å². The maximum atomic E-state index is 12.1. The summed E-state index contributed by atoms with van der Waals surface area (Å²) < 4.78 is 5.48. The minimum absolute atomic E-state index is 0.138. The van der Waals surface area contributed by atoms with Crippen molar-refractivity contribution in [2.75, 3.05) is 26.2 Å². The van der Waals surface area contributed by atoms with Gasteiger partial charge < -0.3 is 14.5 Å². The highest BCUT2D eigenvalue weighted by atomic mass is 16.6. The molecule has 2 aliphatic rings. The quantitative estimate of drug-likeness (QED) is 0.778. The number of ether oxygens (including phenoxy) is 1. The molecule has 4 nitrogen and oxygen atoms in total. The predicted molar refractivity (Wildman–Crippen MR) is 90.0 cm³/mol. The summed E-state index contributed by atoms with van der Waals surface area (Å²) in [5, 5.41) is 0. The van der Waals surface area contributed by atoms with Gasteiger partial charge in [-0.3, -0.25) is 0 Å². The molecule has 2 rings (SSSR count). The molecule has 2 heterocycles. The minimum atomic E-state index is -0.391. The molecule has 0 aromatic rings. The molecule has 0 radical (unpaired) electrons. The number of hydrogen-bond donors (Lipinski definition) is 0. The van der Waals surface area contributed by atoms with Crippen LogP contribution in [0, 0.1) is 11.8 Å². The van der Waals surface area contributed by atoms with E-state index in [1.807, 2.05) is 25.7 Å². The van der Waals surface area contributed by atoms with Gasteiger partial charge in [0, 0.05) is 19.1 Å². The second-order valence-corrected chi connectivity index (χ2v) is 8.27. The van der Waals surface area contributed by atoms with Gasteiger partial charge in [0.25, 0.3) is 0 Å². The summed E-state index contributed by atoms with van der Waals surface area (Å²) in [6, 6.07) is 0.676. The summed E-state index contributed by atoms with van der Waals surface area (Å²) >= 11 is 0. The zero-order chi connectivity index (χ0) is 16.3. The van der Waals surface area contributed by atoms with Gasteiger partial charge in [0.15, 0.2) is 0 Å². The van der Waals surface area contributed by atoms with Crippen LogP contribution in [0.25, 0.3) is 0 Å². The second-order valence-electron chi connectivity index (χ2n) is 8.27. The maximum Gasteiger partial charge on any atom is 0.410 e. The van der Waals surface area contributed by atoms with Crippen molar-refractivity contribution < 1.29 is 9.53 Å². The van der Waals surface area contributed by atoms with Gasteiger partial charge in [0.2, 0.25) is 0 Å². The lowest BCUT2D eigenvalue weighted by molar-refractivity contribution is 0.0129. The van der Waals surface area contributed by atoms with Gasteiger partial charge in [-0.05, 0) is 85.2 Å². The number of carbonyl (C=O) groups excluding carboxylic acids is 1. The van der Waals surface area contributed by atoms with Crippen LogP contribution in [-0.4, -0.2) is 53.7 Å². The molecule has 2 fully saturated rings. The molecule has 2 aliphatic heterocycles.